The molecule has 1 saturated carbocycles. The van der Waals surface area contributed by atoms with Crippen molar-refractivity contribution in [3.8, 4) is 0 Å². The number of carbonyl (C=O) groups is 3. The Bertz CT molecular complexity index is 1130. The highest BCUT2D eigenvalue weighted by Gasteiger charge is 2.38. The van der Waals surface area contributed by atoms with E-state index in [0.717, 1.165) is 43.1 Å². The SMILES string of the molecule is CC[C@@H](C)C(=O)N[C@H](C(=O)N1CCN(C(=O)c2n(CCOC)c3ccccc3[n+]2C)CC1)C1CCCCC1. The fourth-order valence-corrected chi connectivity index (χ4v) is 5.85. The number of para-hydroxylation sites is 2. The maximum absolute atomic E-state index is 13.8. The Morgan fingerprint density at radius 3 is 2.37 bits per heavy atom. The lowest BCUT2D eigenvalue weighted by Crippen LogP contribution is -2.59. The first-order valence-corrected chi connectivity index (χ1v) is 14.2. The van der Waals surface area contributed by atoms with E-state index in [1.54, 1.807) is 7.11 Å². The third-order valence-electron chi connectivity index (χ3n) is 8.44. The number of aryl methyl sites for hydroxylation is 1. The zero-order valence-electron chi connectivity index (χ0n) is 23.4. The molecule has 1 aliphatic heterocycles. The minimum Gasteiger partial charge on any atom is -0.381 e. The number of imidazole rings is 1. The first-order valence-electron chi connectivity index (χ1n) is 14.2. The molecule has 1 aromatic heterocycles. The number of benzene rings is 1. The van der Waals surface area contributed by atoms with Crippen LogP contribution in [0.4, 0.5) is 0 Å². The van der Waals surface area contributed by atoms with Gasteiger partial charge in [-0.15, -0.1) is 0 Å². The quantitative estimate of drug-likeness (QED) is 0.509. The molecule has 1 aliphatic carbocycles. The van der Waals surface area contributed by atoms with Gasteiger partial charge in [-0.2, -0.15) is 0 Å². The molecule has 2 fully saturated rings. The summed E-state index contributed by atoms with van der Waals surface area (Å²) in [6.07, 6.45) is 6.08. The van der Waals surface area contributed by atoms with Crippen LogP contribution in [0.25, 0.3) is 11.0 Å². The number of aromatic nitrogens is 2. The summed E-state index contributed by atoms with van der Waals surface area (Å²) in [5, 5.41) is 3.11. The Hall–Kier alpha value is -2.94. The number of nitrogens with zero attached hydrogens (tertiary/aromatic N) is 4. The maximum Gasteiger partial charge on any atom is 0.348 e. The first-order chi connectivity index (χ1) is 18.4. The van der Waals surface area contributed by atoms with Gasteiger partial charge in [-0.1, -0.05) is 45.2 Å². The predicted octanol–water partition coefficient (Wildman–Crippen LogP) is 2.51. The number of amides is 3. The molecule has 9 nitrogen and oxygen atoms in total. The molecule has 2 aromatic rings. The fourth-order valence-electron chi connectivity index (χ4n) is 5.85. The second-order valence-corrected chi connectivity index (χ2v) is 10.8. The van der Waals surface area contributed by atoms with E-state index >= 15 is 0 Å². The van der Waals surface area contributed by atoms with Gasteiger partial charge in [-0.05, 0) is 37.3 Å². The molecule has 38 heavy (non-hydrogen) atoms. The van der Waals surface area contributed by atoms with Crippen LogP contribution in [0.5, 0.6) is 0 Å². The van der Waals surface area contributed by atoms with Crippen molar-refractivity contribution in [1.29, 1.82) is 0 Å². The minimum absolute atomic E-state index is 0.000385. The smallest absolute Gasteiger partial charge is 0.348 e. The molecular weight excluding hydrogens is 482 g/mol. The first kappa shape index (κ1) is 28.1. The van der Waals surface area contributed by atoms with Gasteiger partial charge in [0, 0.05) is 39.2 Å². The number of ether oxygens (including phenoxy) is 1. The fraction of sp³-hybridized carbons (Fsp3) is 0.655. The summed E-state index contributed by atoms with van der Waals surface area (Å²) in [4.78, 5) is 44.0. The van der Waals surface area contributed by atoms with E-state index in [1.807, 2.05) is 64.1 Å². The zero-order valence-corrected chi connectivity index (χ0v) is 23.4. The van der Waals surface area contributed by atoms with Crippen LogP contribution in [0, 0.1) is 11.8 Å². The number of hydrogen-bond donors (Lipinski definition) is 1. The highest BCUT2D eigenvalue weighted by molar-refractivity contribution is 5.93. The molecule has 1 aromatic carbocycles. The van der Waals surface area contributed by atoms with E-state index in [9.17, 15) is 14.4 Å². The Morgan fingerprint density at radius 2 is 1.71 bits per heavy atom. The molecule has 3 amide bonds. The van der Waals surface area contributed by atoms with Gasteiger partial charge >= 0.3 is 11.7 Å². The molecular formula is C29H44N5O4+. The van der Waals surface area contributed by atoms with Crippen molar-refractivity contribution in [3.63, 3.8) is 0 Å². The van der Waals surface area contributed by atoms with Gasteiger partial charge in [0.2, 0.25) is 11.8 Å². The molecule has 2 atom stereocenters. The molecule has 0 radical (unpaired) electrons. The van der Waals surface area contributed by atoms with E-state index in [2.05, 4.69) is 5.32 Å². The molecule has 208 valence electrons. The Kier molecular flexibility index (Phi) is 9.41. The standard InChI is InChI=1S/C29H43N5O4/c1-5-21(2)26(35)30-25(22-11-7-6-8-12-22)28(36)32-15-17-33(18-16-32)29(37)27-31(3)23-13-9-10-14-24(23)34(27)19-20-38-4/h9-10,13-14,21-22,25H,5-8,11-12,15-20H2,1-4H3/p+1/t21-,25+/m1/s1. The van der Waals surface area contributed by atoms with E-state index < -0.39 is 6.04 Å². The van der Waals surface area contributed by atoms with Gasteiger partial charge in [0.05, 0.1) is 13.7 Å². The number of piperazine rings is 1. The molecule has 0 spiro atoms. The van der Waals surface area contributed by atoms with Crippen LogP contribution < -0.4 is 9.88 Å². The summed E-state index contributed by atoms with van der Waals surface area (Å²) < 4.78 is 9.30. The Balaban J connectivity index is 1.48. The second kappa shape index (κ2) is 12.7. The zero-order chi connectivity index (χ0) is 27.2. The van der Waals surface area contributed by atoms with Crippen LogP contribution in [0.2, 0.25) is 0 Å². The number of hydrogen-bond acceptors (Lipinski definition) is 4. The van der Waals surface area contributed by atoms with Crippen molar-refractivity contribution in [2.45, 2.75) is 65.0 Å². The topological polar surface area (TPSA) is 87.8 Å². The highest BCUT2D eigenvalue weighted by Crippen LogP contribution is 2.28. The Labute approximate surface area is 226 Å². The lowest BCUT2D eigenvalue weighted by molar-refractivity contribution is -0.648. The van der Waals surface area contributed by atoms with Crippen molar-refractivity contribution in [2.75, 3.05) is 39.9 Å². The molecule has 0 unspecified atom stereocenters. The second-order valence-electron chi connectivity index (χ2n) is 10.8. The third-order valence-corrected chi connectivity index (χ3v) is 8.44. The van der Waals surface area contributed by atoms with Crippen LogP contribution in [0.15, 0.2) is 24.3 Å². The van der Waals surface area contributed by atoms with Gasteiger partial charge in [-0.25, -0.2) is 9.13 Å². The third kappa shape index (κ3) is 5.87. The number of carbonyl (C=O) groups excluding carboxylic acids is 3. The summed E-state index contributed by atoms with van der Waals surface area (Å²) in [7, 11) is 3.59. The average molecular weight is 527 g/mol. The van der Waals surface area contributed by atoms with E-state index in [4.69, 9.17) is 4.74 Å². The summed E-state index contributed by atoms with van der Waals surface area (Å²) >= 11 is 0. The van der Waals surface area contributed by atoms with Gasteiger partial charge in [0.15, 0.2) is 11.0 Å². The van der Waals surface area contributed by atoms with Crippen molar-refractivity contribution in [3.05, 3.63) is 30.1 Å². The van der Waals surface area contributed by atoms with Crippen LogP contribution in [-0.2, 0) is 27.9 Å². The largest absolute Gasteiger partial charge is 0.381 e. The van der Waals surface area contributed by atoms with Gasteiger partial charge in [-0.3, -0.25) is 14.4 Å². The van der Waals surface area contributed by atoms with Crippen molar-refractivity contribution >= 4 is 28.8 Å². The van der Waals surface area contributed by atoms with Crippen molar-refractivity contribution in [2.24, 2.45) is 18.9 Å². The van der Waals surface area contributed by atoms with E-state index in [1.165, 1.54) is 6.42 Å². The van der Waals surface area contributed by atoms with E-state index in [-0.39, 0.29) is 29.6 Å². The summed E-state index contributed by atoms with van der Waals surface area (Å²) in [5.41, 5.74) is 1.99. The summed E-state index contributed by atoms with van der Waals surface area (Å²) in [5.74, 6) is 0.597. The normalized spacial score (nSPS) is 18.4. The maximum atomic E-state index is 13.8. The lowest BCUT2D eigenvalue weighted by atomic mass is 9.83. The molecule has 1 saturated heterocycles. The average Bonchev–Trinajstić information content (AvgIpc) is 3.25. The summed E-state index contributed by atoms with van der Waals surface area (Å²) in [6.45, 7) is 6.85. The van der Waals surface area contributed by atoms with Crippen LogP contribution in [0.3, 0.4) is 0 Å². The van der Waals surface area contributed by atoms with E-state index in [0.29, 0.717) is 45.2 Å². The minimum atomic E-state index is -0.478. The molecule has 1 N–H and O–H groups in total. The monoisotopic (exact) mass is 526 g/mol. The molecule has 2 heterocycles. The van der Waals surface area contributed by atoms with Crippen molar-refractivity contribution in [1.82, 2.24) is 19.7 Å². The number of nitrogens with one attached hydrogen (secondary N) is 1. The number of fused-ring (bicyclic) bond motifs is 1. The molecule has 9 heteroatoms. The number of rotatable bonds is 9. The van der Waals surface area contributed by atoms with Crippen LogP contribution in [-0.4, -0.2) is 78.0 Å². The predicted molar refractivity (Wildman–Crippen MR) is 145 cm³/mol. The van der Waals surface area contributed by atoms with Crippen LogP contribution in [0.1, 0.15) is 63.0 Å². The molecule has 0 bridgehead atoms. The highest BCUT2D eigenvalue weighted by atomic mass is 16.5. The van der Waals surface area contributed by atoms with Gasteiger partial charge in [0.25, 0.3) is 0 Å². The lowest BCUT2D eigenvalue weighted by Gasteiger charge is -2.38. The summed E-state index contributed by atoms with van der Waals surface area (Å²) in [6, 6.07) is 7.52. The molecule has 2 aliphatic rings. The van der Waals surface area contributed by atoms with Crippen LogP contribution >= 0.6 is 0 Å². The van der Waals surface area contributed by atoms with Gasteiger partial charge in [0.1, 0.15) is 12.6 Å². The van der Waals surface area contributed by atoms with Crippen molar-refractivity contribution < 1.29 is 23.7 Å². The molecule has 4 rings (SSSR count). The number of methoxy groups -OCH3 is 1. The Morgan fingerprint density at radius 1 is 1.05 bits per heavy atom. The van der Waals surface area contributed by atoms with Gasteiger partial charge < -0.3 is 19.9 Å².